The van der Waals surface area contributed by atoms with Crippen molar-refractivity contribution in [2.24, 2.45) is 5.41 Å². The lowest BCUT2D eigenvalue weighted by Gasteiger charge is -2.35. The Morgan fingerprint density at radius 3 is 1.60 bits per heavy atom. The fraction of sp³-hybridized carbons (Fsp3) is 0.429. The van der Waals surface area contributed by atoms with Crippen LogP contribution in [0.3, 0.4) is 0 Å². The normalized spacial score (nSPS) is 17.8. The Morgan fingerprint density at radius 2 is 1.19 bits per heavy atom. The van der Waals surface area contributed by atoms with Crippen molar-refractivity contribution < 1.29 is 39.5 Å². The van der Waals surface area contributed by atoms with Gasteiger partial charge in [-0.3, -0.25) is 0 Å². The highest BCUT2D eigenvalue weighted by atomic mass is 32.2. The molecule has 0 spiro atoms. The lowest BCUT2D eigenvalue weighted by Crippen LogP contribution is -2.52. The first kappa shape index (κ1) is 34.7. The molecule has 12 nitrogen and oxygen atoms in total. The fourth-order valence-electron chi connectivity index (χ4n) is 4.50. The molecule has 0 aromatic heterocycles. The summed E-state index contributed by atoms with van der Waals surface area (Å²) in [6.07, 6.45) is 5.35. The van der Waals surface area contributed by atoms with Gasteiger partial charge in [0.15, 0.2) is 0 Å². The number of benzene rings is 2. The second-order valence-corrected chi connectivity index (χ2v) is 15.4. The number of allylic oxidation sites excluding steroid dienone is 2. The van der Waals surface area contributed by atoms with Crippen molar-refractivity contribution in [1.29, 1.82) is 0 Å². The standard InChI is InChI=1S/C28H39N3O9S3/c1-6-28(19-29-41(32,33)24-15-9-7-13-22(24)38-3,20-30-42(34,35)25-16-10-8-14-23(25)39-4)21-31-43(36,37)26-17-11-12-18-27(26,2)40-5/h7-17,29-31H,6,18-21H2,1-5H3. The van der Waals surface area contributed by atoms with Crippen LogP contribution in [0.25, 0.3) is 0 Å². The first-order valence-corrected chi connectivity index (χ1v) is 17.8. The van der Waals surface area contributed by atoms with Crippen LogP contribution in [-0.4, -0.2) is 71.8 Å². The van der Waals surface area contributed by atoms with E-state index in [4.69, 9.17) is 14.2 Å². The van der Waals surface area contributed by atoms with E-state index in [0.717, 1.165) is 0 Å². The summed E-state index contributed by atoms with van der Waals surface area (Å²) in [5.74, 6) is 0.233. The Hall–Kier alpha value is -2.79. The molecule has 238 valence electrons. The average molecular weight is 658 g/mol. The molecule has 0 radical (unpaired) electrons. The van der Waals surface area contributed by atoms with Gasteiger partial charge in [-0.05, 0) is 50.1 Å². The summed E-state index contributed by atoms with van der Waals surface area (Å²) in [6.45, 7) is 2.42. The number of ether oxygens (including phenoxy) is 3. The molecule has 2 aromatic carbocycles. The highest BCUT2D eigenvalue weighted by molar-refractivity contribution is 7.93. The van der Waals surface area contributed by atoms with Gasteiger partial charge >= 0.3 is 0 Å². The zero-order chi connectivity index (χ0) is 31.9. The second-order valence-electron chi connectivity index (χ2n) is 10.2. The molecule has 0 fully saturated rings. The van der Waals surface area contributed by atoms with Gasteiger partial charge in [0.25, 0.3) is 0 Å². The Morgan fingerprint density at radius 1 is 0.744 bits per heavy atom. The molecule has 0 bridgehead atoms. The van der Waals surface area contributed by atoms with Crippen LogP contribution in [0.4, 0.5) is 0 Å². The third-order valence-corrected chi connectivity index (χ3v) is 12.1. The predicted molar refractivity (Wildman–Crippen MR) is 163 cm³/mol. The Kier molecular flexibility index (Phi) is 11.2. The molecular weight excluding hydrogens is 619 g/mol. The first-order chi connectivity index (χ1) is 20.2. The van der Waals surface area contributed by atoms with E-state index in [9.17, 15) is 25.3 Å². The third-order valence-electron chi connectivity index (χ3n) is 7.53. The van der Waals surface area contributed by atoms with Crippen molar-refractivity contribution in [3.05, 3.63) is 71.7 Å². The summed E-state index contributed by atoms with van der Waals surface area (Å²) in [4.78, 5) is -0.236. The number of nitrogens with one attached hydrogen (secondary N) is 3. The van der Waals surface area contributed by atoms with Crippen LogP contribution < -0.4 is 23.6 Å². The molecule has 1 atom stereocenters. The zero-order valence-electron chi connectivity index (χ0n) is 24.8. The maximum Gasteiger partial charge on any atom is 0.244 e. The number of sulfonamides is 3. The smallest absolute Gasteiger partial charge is 0.244 e. The van der Waals surface area contributed by atoms with Crippen molar-refractivity contribution in [1.82, 2.24) is 14.2 Å². The van der Waals surface area contributed by atoms with E-state index in [0.29, 0.717) is 6.42 Å². The lowest BCUT2D eigenvalue weighted by molar-refractivity contribution is 0.0461. The number of rotatable bonds is 16. The van der Waals surface area contributed by atoms with Crippen LogP contribution in [-0.2, 0) is 34.8 Å². The van der Waals surface area contributed by atoms with Gasteiger partial charge in [-0.15, -0.1) is 0 Å². The summed E-state index contributed by atoms with van der Waals surface area (Å²) in [5.41, 5.74) is -2.38. The minimum atomic E-state index is -4.15. The Bertz CT molecular complexity index is 1590. The molecular formula is C28H39N3O9S3. The van der Waals surface area contributed by atoms with E-state index in [-0.39, 0.29) is 52.3 Å². The van der Waals surface area contributed by atoms with E-state index >= 15 is 0 Å². The maximum absolute atomic E-state index is 13.5. The molecule has 0 aliphatic heterocycles. The summed E-state index contributed by atoms with van der Waals surface area (Å²) >= 11 is 0. The minimum absolute atomic E-state index is 0.000733. The number of para-hydroxylation sites is 2. The van der Waals surface area contributed by atoms with Gasteiger partial charge in [0.1, 0.15) is 26.9 Å². The van der Waals surface area contributed by atoms with E-state index in [2.05, 4.69) is 14.2 Å². The first-order valence-electron chi connectivity index (χ1n) is 13.4. The SMILES string of the molecule is CCC(CNS(=O)(=O)C1=CC=CCC1(C)OC)(CNS(=O)(=O)c1ccccc1OC)CNS(=O)(=O)c1ccccc1OC. The highest BCUT2D eigenvalue weighted by Crippen LogP contribution is 2.33. The van der Waals surface area contributed by atoms with Gasteiger partial charge in [-0.25, -0.2) is 39.4 Å². The summed E-state index contributed by atoms with van der Waals surface area (Å²) in [5, 5.41) is 0. The molecule has 0 saturated heterocycles. The molecule has 2 aromatic rings. The van der Waals surface area contributed by atoms with Crippen LogP contribution in [0.5, 0.6) is 11.5 Å². The Balaban J connectivity index is 1.96. The molecule has 1 aliphatic carbocycles. The molecule has 3 N–H and O–H groups in total. The quantitative estimate of drug-likeness (QED) is 0.246. The van der Waals surface area contributed by atoms with Crippen molar-refractivity contribution >= 4 is 30.1 Å². The molecule has 0 heterocycles. The monoisotopic (exact) mass is 657 g/mol. The fourth-order valence-corrected chi connectivity index (χ4v) is 8.80. The third kappa shape index (κ3) is 8.03. The molecule has 15 heteroatoms. The van der Waals surface area contributed by atoms with Crippen molar-refractivity contribution in [2.45, 2.75) is 42.1 Å². The minimum Gasteiger partial charge on any atom is -0.495 e. The van der Waals surface area contributed by atoms with Gasteiger partial charge < -0.3 is 14.2 Å². The van der Waals surface area contributed by atoms with Gasteiger partial charge in [0.05, 0.1) is 19.1 Å². The number of methoxy groups -OCH3 is 3. The maximum atomic E-state index is 13.5. The summed E-state index contributed by atoms with van der Waals surface area (Å²) in [7, 11) is -8.34. The van der Waals surface area contributed by atoms with Crippen molar-refractivity contribution in [2.75, 3.05) is 41.0 Å². The highest BCUT2D eigenvalue weighted by Gasteiger charge is 2.40. The molecule has 0 amide bonds. The van der Waals surface area contributed by atoms with Crippen LogP contribution in [0, 0.1) is 5.41 Å². The van der Waals surface area contributed by atoms with Crippen LogP contribution >= 0.6 is 0 Å². The lowest BCUT2D eigenvalue weighted by atomic mass is 9.85. The average Bonchev–Trinajstić information content (AvgIpc) is 3.01. The van der Waals surface area contributed by atoms with Gasteiger partial charge in [-0.2, -0.15) is 0 Å². The van der Waals surface area contributed by atoms with E-state index in [1.54, 1.807) is 50.3 Å². The summed E-state index contributed by atoms with van der Waals surface area (Å²) in [6, 6.07) is 12.1. The van der Waals surface area contributed by atoms with Gasteiger partial charge in [-0.1, -0.05) is 43.3 Å². The van der Waals surface area contributed by atoms with Crippen molar-refractivity contribution in [3.63, 3.8) is 0 Å². The van der Waals surface area contributed by atoms with Crippen LogP contribution in [0.2, 0.25) is 0 Å². The number of hydrogen-bond donors (Lipinski definition) is 3. The Labute approximate surface area is 254 Å². The van der Waals surface area contributed by atoms with E-state index < -0.39 is 41.1 Å². The molecule has 43 heavy (non-hydrogen) atoms. The van der Waals surface area contributed by atoms with Gasteiger partial charge in [0.2, 0.25) is 30.1 Å². The summed E-state index contributed by atoms with van der Waals surface area (Å²) < 4.78 is 104. The van der Waals surface area contributed by atoms with Crippen LogP contribution in [0.15, 0.2) is 81.5 Å². The largest absolute Gasteiger partial charge is 0.495 e. The molecule has 1 unspecified atom stereocenters. The predicted octanol–water partition coefficient (Wildman–Crippen LogP) is 2.53. The topological polar surface area (TPSA) is 166 Å². The van der Waals surface area contributed by atoms with Crippen LogP contribution in [0.1, 0.15) is 26.7 Å². The molecule has 0 saturated carbocycles. The molecule has 3 rings (SSSR count). The molecule has 1 aliphatic rings. The second kappa shape index (κ2) is 13.9. The number of hydrogen-bond acceptors (Lipinski definition) is 9. The zero-order valence-corrected chi connectivity index (χ0v) is 27.2. The van der Waals surface area contributed by atoms with E-state index in [1.165, 1.54) is 51.7 Å². The van der Waals surface area contributed by atoms with Gasteiger partial charge in [0, 0.05) is 32.2 Å². The van der Waals surface area contributed by atoms with E-state index in [1.807, 2.05) is 0 Å². The van der Waals surface area contributed by atoms with Crippen molar-refractivity contribution in [3.8, 4) is 11.5 Å².